The first-order valence-corrected chi connectivity index (χ1v) is 9.06. The number of morpholine rings is 1. The summed E-state index contributed by atoms with van der Waals surface area (Å²) in [6, 6.07) is 3.49. The highest BCUT2D eigenvalue weighted by Crippen LogP contribution is 2.18. The van der Waals surface area contributed by atoms with Gasteiger partial charge in [-0.15, -0.1) is 0 Å². The average molecular weight is 381 g/mol. The second-order valence-corrected chi connectivity index (χ2v) is 6.37. The molecule has 144 valence electrons. The Bertz CT molecular complexity index is 1050. The van der Waals surface area contributed by atoms with Crippen LogP contribution in [0, 0.1) is 5.82 Å². The van der Waals surface area contributed by atoms with Gasteiger partial charge in [0.1, 0.15) is 5.75 Å². The van der Waals surface area contributed by atoms with Crippen LogP contribution in [0.15, 0.2) is 35.6 Å². The van der Waals surface area contributed by atoms with Gasteiger partial charge in [-0.1, -0.05) is 30.4 Å². The number of ether oxygens (including phenoxy) is 1. The Balaban J connectivity index is 1.57. The molecule has 28 heavy (non-hydrogen) atoms. The van der Waals surface area contributed by atoms with E-state index >= 15 is 0 Å². The normalized spacial score (nSPS) is 16.2. The summed E-state index contributed by atoms with van der Waals surface area (Å²) >= 11 is 0. The van der Waals surface area contributed by atoms with Crippen molar-refractivity contribution >= 4 is 30.1 Å². The number of hydrogen-bond acceptors (Lipinski definition) is 7. The van der Waals surface area contributed by atoms with E-state index in [1.54, 1.807) is 6.07 Å². The van der Waals surface area contributed by atoms with Gasteiger partial charge < -0.3 is 14.7 Å². The Kier molecular flexibility index (Phi) is 5.29. The highest BCUT2D eigenvalue weighted by Gasteiger charge is 2.17. The summed E-state index contributed by atoms with van der Waals surface area (Å²) in [6.45, 7) is 2.21. The first-order valence-electron chi connectivity index (χ1n) is 9.06. The molecule has 2 heterocycles. The van der Waals surface area contributed by atoms with E-state index in [2.05, 4.69) is 20.5 Å². The molecule has 2 aromatic rings. The van der Waals surface area contributed by atoms with Gasteiger partial charge in [0.15, 0.2) is 11.6 Å². The molecule has 0 unspecified atom stereocenters. The smallest absolute Gasteiger partial charge is 0.245 e. The topological polar surface area (TPSA) is 82.9 Å². The number of fused-ring (bicyclic) bond motifs is 1. The molecular weight excluding hydrogens is 361 g/mol. The molecule has 0 amide bonds. The summed E-state index contributed by atoms with van der Waals surface area (Å²) in [4.78, 5) is 9.98. The van der Waals surface area contributed by atoms with E-state index in [-0.39, 0.29) is 17.5 Å². The van der Waals surface area contributed by atoms with Gasteiger partial charge in [0, 0.05) is 18.7 Å². The van der Waals surface area contributed by atoms with Crippen LogP contribution < -0.4 is 20.8 Å². The van der Waals surface area contributed by atoms with E-state index in [4.69, 9.17) is 4.74 Å². The zero-order valence-corrected chi connectivity index (χ0v) is 15.2. The molecule has 0 radical (unpaired) electrons. The number of phenols is 1. The third-order valence-corrected chi connectivity index (χ3v) is 4.56. The molecule has 1 fully saturated rings. The van der Waals surface area contributed by atoms with Crippen LogP contribution in [-0.4, -0.2) is 47.6 Å². The lowest BCUT2D eigenvalue weighted by Gasteiger charge is -2.27. The first kappa shape index (κ1) is 18.1. The van der Waals surface area contributed by atoms with Crippen molar-refractivity contribution in [2.75, 3.05) is 36.6 Å². The molecule has 7 nitrogen and oxygen atoms in total. The lowest BCUT2D eigenvalue weighted by molar-refractivity contribution is 0.122. The number of benzene rings is 1. The maximum atomic E-state index is 14.1. The molecular formula is C20H20FN5O2. The maximum absolute atomic E-state index is 14.1. The van der Waals surface area contributed by atoms with E-state index in [9.17, 15) is 9.50 Å². The number of nitrogens with one attached hydrogen (secondary N) is 1. The minimum atomic E-state index is -0.486. The van der Waals surface area contributed by atoms with Crippen molar-refractivity contribution in [3.63, 3.8) is 0 Å². The van der Waals surface area contributed by atoms with Crippen molar-refractivity contribution in [1.29, 1.82) is 0 Å². The van der Waals surface area contributed by atoms with E-state index in [1.807, 2.05) is 35.3 Å². The number of allylic oxidation sites excluding steroid dienone is 2. The Hall–Kier alpha value is -3.26. The van der Waals surface area contributed by atoms with Crippen LogP contribution in [0.3, 0.4) is 0 Å². The van der Waals surface area contributed by atoms with Crippen LogP contribution in [-0.2, 0) is 4.74 Å². The monoisotopic (exact) mass is 381 g/mol. The van der Waals surface area contributed by atoms with Crippen LogP contribution in [0.2, 0.25) is 0 Å². The molecule has 0 atom stereocenters. The van der Waals surface area contributed by atoms with Gasteiger partial charge >= 0.3 is 0 Å². The quantitative estimate of drug-likeness (QED) is 0.610. The summed E-state index contributed by atoms with van der Waals surface area (Å²) < 4.78 is 19.4. The van der Waals surface area contributed by atoms with Gasteiger partial charge in [-0.2, -0.15) is 10.1 Å². The van der Waals surface area contributed by atoms with Crippen LogP contribution in [0.25, 0.3) is 12.2 Å². The molecule has 0 saturated carbocycles. The predicted molar refractivity (Wildman–Crippen MR) is 106 cm³/mol. The van der Waals surface area contributed by atoms with Crippen LogP contribution in [0.5, 0.6) is 5.75 Å². The van der Waals surface area contributed by atoms with Crippen LogP contribution in [0.4, 0.5) is 16.2 Å². The van der Waals surface area contributed by atoms with E-state index in [0.717, 1.165) is 23.1 Å². The molecule has 0 bridgehead atoms. The van der Waals surface area contributed by atoms with Gasteiger partial charge in [0.25, 0.3) is 0 Å². The van der Waals surface area contributed by atoms with Gasteiger partial charge in [0.05, 0.1) is 25.6 Å². The Morgan fingerprint density at radius 3 is 3.00 bits per heavy atom. The van der Waals surface area contributed by atoms with E-state index in [1.165, 1.54) is 6.21 Å². The van der Waals surface area contributed by atoms with Crippen LogP contribution in [0.1, 0.15) is 12.0 Å². The van der Waals surface area contributed by atoms with Gasteiger partial charge in [-0.05, 0) is 22.9 Å². The summed E-state index contributed by atoms with van der Waals surface area (Å²) in [7, 11) is 0. The summed E-state index contributed by atoms with van der Waals surface area (Å²) in [5, 5.41) is 16.3. The second kappa shape index (κ2) is 8.18. The molecule has 8 heteroatoms. The number of aromatic nitrogens is 2. The Morgan fingerprint density at radius 2 is 2.14 bits per heavy atom. The molecule has 1 aromatic carbocycles. The minimum Gasteiger partial charge on any atom is -0.507 e. The number of halogens is 1. The summed E-state index contributed by atoms with van der Waals surface area (Å²) in [5.41, 5.74) is 3.32. The molecule has 1 saturated heterocycles. The molecule has 2 aliphatic rings. The Morgan fingerprint density at radius 1 is 1.29 bits per heavy atom. The summed E-state index contributed by atoms with van der Waals surface area (Å²) in [5.74, 6) is 0.0456. The third kappa shape index (κ3) is 3.86. The van der Waals surface area contributed by atoms with E-state index < -0.39 is 5.82 Å². The van der Waals surface area contributed by atoms with Crippen molar-refractivity contribution in [1.82, 2.24) is 9.97 Å². The van der Waals surface area contributed by atoms with Gasteiger partial charge in [-0.25, -0.2) is 14.8 Å². The molecule has 1 aliphatic heterocycles. The fraction of sp³-hybridized carbons (Fsp3) is 0.250. The number of aromatic hydroxyl groups is 1. The maximum Gasteiger partial charge on any atom is 0.245 e. The number of hydrogen-bond donors (Lipinski definition) is 2. The number of hydrazone groups is 1. The third-order valence-electron chi connectivity index (χ3n) is 4.56. The number of rotatable bonds is 4. The fourth-order valence-corrected chi connectivity index (χ4v) is 3.15. The zero-order valence-electron chi connectivity index (χ0n) is 15.2. The largest absolute Gasteiger partial charge is 0.507 e. The highest BCUT2D eigenvalue weighted by molar-refractivity contribution is 5.84. The van der Waals surface area contributed by atoms with E-state index in [0.29, 0.717) is 31.9 Å². The molecule has 1 aromatic heterocycles. The lowest BCUT2D eigenvalue weighted by atomic mass is 10.1. The Labute approximate surface area is 161 Å². The predicted octanol–water partition coefficient (Wildman–Crippen LogP) is 1.12. The van der Waals surface area contributed by atoms with Gasteiger partial charge in [0.2, 0.25) is 5.95 Å². The zero-order chi connectivity index (χ0) is 19.3. The summed E-state index contributed by atoms with van der Waals surface area (Å²) in [6.07, 6.45) is 11.4. The van der Waals surface area contributed by atoms with Crippen molar-refractivity contribution in [3.8, 4) is 5.75 Å². The SMILES string of the molecule is Oc1ccc2c(c1/C=N/Nc1ncc(F)c(N3CCOCC3)n1)=CCC=CC=2. The average Bonchev–Trinajstić information content (AvgIpc) is 2.97. The van der Waals surface area contributed by atoms with Crippen molar-refractivity contribution < 1.29 is 14.2 Å². The standard InChI is InChI=1S/C20H20FN5O2/c21-17-13-22-20(24-19(17)26-8-10-28-11-9-26)25-23-12-16-15-5-3-1-2-4-14(15)6-7-18(16)27/h1-2,4-7,12-13,27H,3,8-11H2,(H,22,24,25)/b23-12+. The van der Waals surface area contributed by atoms with Crippen LogP contribution >= 0.6 is 0 Å². The van der Waals surface area contributed by atoms with Crippen molar-refractivity contribution in [2.45, 2.75) is 6.42 Å². The van der Waals surface area contributed by atoms with Crippen molar-refractivity contribution in [3.05, 3.63) is 52.3 Å². The fourth-order valence-electron chi connectivity index (χ4n) is 3.15. The molecule has 4 rings (SSSR count). The molecule has 2 N–H and O–H groups in total. The molecule has 1 aliphatic carbocycles. The second-order valence-electron chi connectivity index (χ2n) is 6.37. The van der Waals surface area contributed by atoms with Gasteiger partial charge in [-0.3, -0.25) is 0 Å². The molecule has 0 spiro atoms. The van der Waals surface area contributed by atoms with Crippen molar-refractivity contribution in [2.24, 2.45) is 5.10 Å². The number of anilines is 2. The first-order chi connectivity index (χ1) is 13.7. The minimum absolute atomic E-state index is 0.130. The number of phenolic OH excluding ortho intramolecular Hbond substituents is 1. The lowest BCUT2D eigenvalue weighted by Crippen LogP contribution is -2.37. The highest BCUT2D eigenvalue weighted by atomic mass is 19.1. The number of nitrogens with zero attached hydrogens (tertiary/aromatic N) is 4.